The van der Waals surface area contributed by atoms with Crippen LogP contribution in [0.4, 0.5) is 0 Å². The molecule has 1 fully saturated rings. The molecule has 1 heterocycles. The van der Waals surface area contributed by atoms with Crippen molar-refractivity contribution < 1.29 is 29.4 Å². The van der Waals surface area contributed by atoms with E-state index in [1.54, 1.807) is 26.0 Å². The summed E-state index contributed by atoms with van der Waals surface area (Å²) < 4.78 is 0. The van der Waals surface area contributed by atoms with E-state index in [-0.39, 0.29) is 30.5 Å². The number of phenolic OH excluding ortho intramolecular Hbond substituents is 1. The number of hydrogen-bond acceptors (Lipinski definition) is 6. The van der Waals surface area contributed by atoms with Gasteiger partial charge in [-0.3, -0.25) is 14.4 Å². The second-order valence-electron chi connectivity index (χ2n) is 7.95. The molecule has 1 aromatic rings. The molecular weight excluding hydrogens is 404 g/mol. The zero-order valence-corrected chi connectivity index (χ0v) is 17.7. The molecule has 2 rings (SSSR count). The smallest absolute Gasteiger partial charge is 0.326 e. The van der Waals surface area contributed by atoms with E-state index in [4.69, 9.17) is 5.73 Å². The number of amides is 3. The van der Waals surface area contributed by atoms with Crippen molar-refractivity contribution in [3.8, 4) is 5.75 Å². The van der Waals surface area contributed by atoms with Crippen LogP contribution in [-0.2, 0) is 25.6 Å². The molecule has 31 heavy (non-hydrogen) atoms. The van der Waals surface area contributed by atoms with Crippen LogP contribution in [0.25, 0.3) is 0 Å². The quantitative estimate of drug-likeness (QED) is 0.353. The predicted molar refractivity (Wildman–Crippen MR) is 112 cm³/mol. The Balaban J connectivity index is 2.10. The molecule has 6 N–H and O–H groups in total. The van der Waals surface area contributed by atoms with E-state index in [1.165, 1.54) is 17.0 Å². The molecule has 10 nitrogen and oxygen atoms in total. The Kier molecular flexibility index (Phi) is 8.38. The number of aromatic hydroxyl groups is 1. The van der Waals surface area contributed by atoms with Crippen LogP contribution >= 0.6 is 0 Å². The lowest BCUT2D eigenvalue weighted by atomic mass is 10.0. The van der Waals surface area contributed by atoms with E-state index >= 15 is 0 Å². The first-order chi connectivity index (χ1) is 14.6. The maximum absolute atomic E-state index is 13.0. The molecular formula is C21H30N4O6. The number of likely N-dealkylation sites (tertiary alicyclic amines) is 1. The molecule has 0 bridgehead atoms. The molecule has 1 aliphatic heterocycles. The standard InChI is InChI=1S/C21H30N4O6/c1-12(2)18(24-17(27)11-22)20(29)25-9-3-4-16(25)19(28)23-15(21(30)31)10-13-5-7-14(26)8-6-13/h5-8,12,15-16,18,26H,3-4,9-11,22H2,1-2H3,(H,23,28)(H,24,27)(H,30,31)/t15-,16-,18-/m0/s1. The van der Waals surface area contributed by atoms with Crippen molar-refractivity contribution in [2.75, 3.05) is 13.1 Å². The highest BCUT2D eigenvalue weighted by molar-refractivity contribution is 5.94. The molecule has 1 saturated heterocycles. The van der Waals surface area contributed by atoms with E-state index in [9.17, 15) is 29.4 Å². The Bertz CT molecular complexity index is 811. The molecule has 1 aliphatic rings. The number of nitrogens with zero attached hydrogens (tertiary/aromatic N) is 1. The van der Waals surface area contributed by atoms with Gasteiger partial charge in [-0.15, -0.1) is 0 Å². The maximum atomic E-state index is 13.0. The Morgan fingerprint density at radius 3 is 2.35 bits per heavy atom. The lowest BCUT2D eigenvalue weighted by Gasteiger charge is -2.31. The molecule has 10 heteroatoms. The van der Waals surface area contributed by atoms with Crippen LogP contribution in [0.2, 0.25) is 0 Å². The number of carboxylic acids is 1. The summed E-state index contributed by atoms with van der Waals surface area (Å²) in [6.07, 6.45) is 1.02. The topological polar surface area (TPSA) is 162 Å². The number of hydrogen-bond donors (Lipinski definition) is 5. The van der Waals surface area contributed by atoms with Crippen molar-refractivity contribution >= 4 is 23.7 Å². The fourth-order valence-electron chi connectivity index (χ4n) is 3.56. The molecule has 0 radical (unpaired) electrons. The zero-order valence-electron chi connectivity index (χ0n) is 17.7. The van der Waals surface area contributed by atoms with E-state index in [2.05, 4.69) is 10.6 Å². The van der Waals surface area contributed by atoms with Gasteiger partial charge in [-0.1, -0.05) is 26.0 Å². The normalized spacial score (nSPS) is 17.8. The molecule has 0 unspecified atom stereocenters. The third-order valence-corrected chi connectivity index (χ3v) is 5.26. The van der Waals surface area contributed by atoms with Gasteiger partial charge >= 0.3 is 5.97 Å². The average molecular weight is 434 g/mol. The summed E-state index contributed by atoms with van der Waals surface area (Å²) in [5, 5.41) is 24.0. The van der Waals surface area contributed by atoms with E-state index in [0.717, 1.165) is 0 Å². The summed E-state index contributed by atoms with van der Waals surface area (Å²) >= 11 is 0. The number of rotatable bonds is 9. The minimum atomic E-state index is -1.20. The molecule has 0 saturated carbocycles. The summed E-state index contributed by atoms with van der Waals surface area (Å²) in [5.41, 5.74) is 5.97. The van der Waals surface area contributed by atoms with Gasteiger partial charge in [-0.25, -0.2) is 4.79 Å². The van der Waals surface area contributed by atoms with Gasteiger partial charge in [-0.2, -0.15) is 0 Å². The summed E-state index contributed by atoms with van der Waals surface area (Å²) in [4.78, 5) is 50.7. The lowest BCUT2D eigenvalue weighted by Crippen LogP contribution is -2.57. The third-order valence-electron chi connectivity index (χ3n) is 5.26. The number of benzene rings is 1. The fraction of sp³-hybridized carbons (Fsp3) is 0.524. The van der Waals surface area contributed by atoms with Gasteiger partial charge < -0.3 is 31.5 Å². The van der Waals surface area contributed by atoms with Crippen molar-refractivity contribution in [3.63, 3.8) is 0 Å². The molecule has 0 aromatic heterocycles. The second-order valence-corrected chi connectivity index (χ2v) is 7.95. The van der Waals surface area contributed by atoms with Crippen LogP contribution in [0, 0.1) is 5.92 Å². The Morgan fingerprint density at radius 2 is 1.81 bits per heavy atom. The van der Waals surface area contributed by atoms with Gasteiger partial charge in [0.15, 0.2) is 0 Å². The van der Waals surface area contributed by atoms with Crippen LogP contribution in [0.1, 0.15) is 32.3 Å². The summed E-state index contributed by atoms with van der Waals surface area (Å²) in [5.74, 6) is -2.76. The molecule has 0 aliphatic carbocycles. The van der Waals surface area contributed by atoms with Gasteiger partial charge in [0.1, 0.15) is 23.9 Å². The number of nitrogens with two attached hydrogens (primary N) is 1. The van der Waals surface area contributed by atoms with Crippen molar-refractivity contribution in [1.29, 1.82) is 0 Å². The second kappa shape index (κ2) is 10.8. The minimum Gasteiger partial charge on any atom is -0.508 e. The number of carbonyl (C=O) groups excluding carboxylic acids is 3. The first-order valence-electron chi connectivity index (χ1n) is 10.2. The number of carbonyl (C=O) groups is 4. The first kappa shape index (κ1) is 24.1. The monoisotopic (exact) mass is 434 g/mol. The van der Waals surface area contributed by atoms with E-state index < -0.39 is 35.9 Å². The SMILES string of the molecule is CC(C)[C@H](NC(=O)CN)C(=O)N1CCC[C@H]1C(=O)N[C@@H](Cc1ccc(O)cc1)C(=O)O. The summed E-state index contributed by atoms with van der Waals surface area (Å²) in [7, 11) is 0. The largest absolute Gasteiger partial charge is 0.508 e. The minimum absolute atomic E-state index is 0.0309. The molecule has 0 spiro atoms. The lowest BCUT2D eigenvalue weighted by molar-refractivity contribution is -0.145. The van der Waals surface area contributed by atoms with Gasteiger partial charge in [0, 0.05) is 13.0 Å². The number of nitrogens with one attached hydrogen (secondary N) is 2. The Hall–Kier alpha value is -3.14. The molecule has 170 valence electrons. The molecule has 1 aromatic carbocycles. The first-order valence-corrected chi connectivity index (χ1v) is 10.2. The summed E-state index contributed by atoms with van der Waals surface area (Å²) in [6, 6.07) is 3.21. The molecule has 3 amide bonds. The van der Waals surface area contributed by atoms with E-state index in [0.29, 0.717) is 24.9 Å². The van der Waals surface area contributed by atoms with E-state index in [1.807, 2.05) is 0 Å². The van der Waals surface area contributed by atoms with Crippen LogP contribution in [0.15, 0.2) is 24.3 Å². The van der Waals surface area contributed by atoms with Gasteiger partial charge in [0.2, 0.25) is 17.7 Å². The summed E-state index contributed by atoms with van der Waals surface area (Å²) in [6.45, 7) is 3.65. The fourth-order valence-corrected chi connectivity index (χ4v) is 3.56. The van der Waals surface area contributed by atoms with Gasteiger partial charge in [0.05, 0.1) is 6.54 Å². The third kappa shape index (κ3) is 6.42. The van der Waals surface area contributed by atoms with Crippen molar-refractivity contribution in [2.24, 2.45) is 11.7 Å². The average Bonchev–Trinajstić information content (AvgIpc) is 3.22. The number of phenols is 1. The Morgan fingerprint density at radius 1 is 1.16 bits per heavy atom. The van der Waals surface area contributed by atoms with Gasteiger partial charge in [0.25, 0.3) is 0 Å². The predicted octanol–water partition coefficient (Wildman–Crippen LogP) is -0.405. The van der Waals surface area contributed by atoms with Crippen molar-refractivity contribution in [1.82, 2.24) is 15.5 Å². The number of carboxylic acid groups (broad SMARTS) is 1. The van der Waals surface area contributed by atoms with Crippen molar-refractivity contribution in [3.05, 3.63) is 29.8 Å². The highest BCUT2D eigenvalue weighted by atomic mass is 16.4. The number of aliphatic carboxylic acids is 1. The van der Waals surface area contributed by atoms with Crippen LogP contribution < -0.4 is 16.4 Å². The van der Waals surface area contributed by atoms with Crippen LogP contribution in [0.5, 0.6) is 5.75 Å². The maximum Gasteiger partial charge on any atom is 0.326 e. The zero-order chi connectivity index (χ0) is 23.1. The highest BCUT2D eigenvalue weighted by Crippen LogP contribution is 2.21. The van der Waals surface area contributed by atoms with Crippen LogP contribution in [0.3, 0.4) is 0 Å². The van der Waals surface area contributed by atoms with Gasteiger partial charge in [-0.05, 0) is 36.5 Å². The van der Waals surface area contributed by atoms with Crippen LogP contribution in [-0.4, -0.2) is 70.0 Å². The Labute approximate surface area is 180 Å². The molecule has 3 atom stereocenters. The van der Waals surface area contributed by atoms with Crippen molar-refractivity contribution in [2.45, 2.75) is 51.2 Å². The highest BCUT2D eigenvalue weighted by Gasteiger charge is 2.39.